The zero-order chi connectivity index (χ0) is 17.9. The molecule has 125 valence electrons. The Morgan fingerprint density at radius 2 is 1.75 bits per heavy atom. The summed E-state index contributed by atoms with van der Waals surface area (Å²) in [5, 5.41) is 12.1. The summed E-state index contributed by atoms with van der Waals surface area (Å²) < 4.78 is 16.2. The van der Waals surface area contributed by atoms with Crippen LogP contribution in [0, 0.1) is 24.0 Å². The molecule has 0 heterocycles. The van der Waals surface area contributed by atoms with Gasteiger partial charge in [-0.05, 0) is 36.2 Å². The second-order valence-corrected chi connectivity index (χ2v) is 5.80. The molecule has 0 unspecified atom stereocenters. The first-order valence-corrected chi connectivity index (χ1v) is 7.73. The topological polar surface area (TPSA) is 70.8 Å². The number of nitrogens with zero attached hydrogens (tertiary/aromatic N) is 1. The van der Waals surface area contributed by atoms with Crippen LogP contribution in [0.25, 0.3) is 0 Å². The van der Waals surface area contributed by atoms with Crippen LogP contribution in [-0.2, 0) is 6.61 Å². The molecule has 2 rings (SSSR count). The van der Waals surface area contributed by atoms with Gasteiger partial charge in [0.1, 0.15) is 12.4 Å². The van der Waals surface area contributed by atoms with Crippen molar-refractivity contribution in [2.45, 2.75) is 20.5 Å². The van der Waals surface area contributed by atoms with Gasteiger partial charge in [-0.3, -0.25) is 10.1 Å². The van der Waals surface area contributed by atoms with Gasteiger partial charge >= 0.3 is 0 Å². The first-order valence-electron chi connectivity index (χ1n) is 7.23. The van der Waals surface area contributed by atoms with E-state index in [1.54, 1.807) is 6.07 Å². The number of hydrogen-bond donors (Lipinski definition) is 0. The Morgan fingerprint density at radius 1 is 1.12 bits per heavy atom. The Morgan fingerprint density at radius 3 is 2.33 bits per heavy atom. The number of rotatable bonds is 6. The molecule has 24 heavy (non-hydrogen) atoms. The van der Waals surface area contributed by atoms with E-state index in [-0.39, 0.29) is 12.3 Å². The summed E-state index contributed by atoms with van der Waals surface area (Å²) in [5.74, 6) is 1.39. The van der Waals surface area contributed by atoms with Crippen LogP contribution >= 0.6 is 0 Å². The molecule has 7 heteroatoms. The van der Waals surface area contributed by atoms with Crippen molar-refractivity contribution in [2.75, 3.05) is 14.2 Å². The van der Waals surface area contributed by atoms with Gasteiger partial charge in [-0.2, -0.15) is 0 Å². The number of methoxy groups -OCH3 is 2. The fourth-order valence-electron chi connectivity index (χ4n) is 2.32. The summed E-state index contributed by atoms with van der Waals surface area (Å²) in [6, 6.07) is 6.77. The lowest BCUT2D eigenvalue weighted by atomic mass is 10.1. The lowest BCUT2D eigenvalue weighted by molar-refractivity contribution is -0.385. The van der Waals surface area contributed by atoms with E-state index in [0.29, 0.717) is 22.8 Å². The first-order chi connectivity index (χ1) is 11.4. The smallest absolute Gasteiger partial charge is 0.280 e. The molecule has 2 aromatic rings. The van der Waals surface area contributed by atoms with Crippen LogP contribution in [0.2, 0.25) is 0 Å². The summed E-state index contributed by atoms with van der Waals surface area (Å²) in [7, 11) is 6.42. The Labute approximate surface area is 143 Å². The number of ether oxygens (including phenoxy) is 3. The molecule has 6 nitrogen and oxygen atoms in total. The van der Waals surface area contributed by atoms with Gasteiger partial charge in [0.05, 0.1) is 41.0 Å². The van der Waals surface area contributed by atoms with Gasteiger partial charge in [-0.25, -0.2) is 0 Å². The summed E-state index contributed by atoms with van der Waals surface area (Å²) in [6.07, 6.45) is 0. The van der Waals surface area contributed by atoms with Crippen molar-refractivity contribution in [1.82, 2.24) is 0 Å². The highest BCUT2D eigenvalue weighted by Crippen LogP contribution is 2.35. The zero-order valence-electron chi connectivity index (χ0n) is 14.0. The zero-order valence-corrected chi connectivity index (χ0v) is 15.0. The van der Waals surface area contributed by atoms with Crippen LogP contribution in [0.3, 0.4) is 0 Å². The third-order valence-electron chi connectivity index (χ3n) is 3.83. The molecule has 0 spiro atoms. The van der Waals surface area contributed by atoms with Gasteiger partial charge in [-0.1, -0.05) is 12.1 Å². The number of hydrogen-bond acceptors (Lipinski definition) is 5. The lowest BCUT2D eigenvalue weighted by Crippen LogP contribution is -2.12. The monoisotopic (exact) mass is 344 g/mol. The molecular weight excluding hydrogens is 326 g/mol. The number of nitro groups is 1. The van der Waals surface area contributed by atoms with E-state index in [9.17, 15) is 10.1 Å². The van der Waals surface area contributed by atoms with Gasteiger partial charge < -0.3 is 14.2 Å². The fraction of sp³-hybridized carbons (Fsp3) is 0.294. The van der Waals surface area contributed by atoms with Crippen LogP contribution in [0.1, 0.15) is 16.7 Å². The van der Waals surface area contributed by atoms with E-state index in [4.69, 9.17) is 14.2 Å². The summed E-state index contributed by atoms with van der Waals surface area (Å²) in [4.78, 5) is 10.9. The maximum absolute atomic E-state index is 11.3. The van der Waals surface area contributed by atoms with Crippen LogP contribution < -0.4 is 19.4 Å². The van der Waals surface area contributed by atoms with Gasteiger partial charge in [0.2, 0.25) is 0 Å². The second-order valence-electron chi connectivity index (χ2n) is 5.27. The summed E-state index contributed by atoms with van der Waals surface area (Å²) in [6.45, 7) is 3.96. The Kier molecular flexibility index (Phi) is 5.45. The van der Waals surface area contributed by atoms with Crippen LogP contribution in [-0.4, -0.2) is 29.4 Å². The molecule has 3 radical (unpaired) electrons. The summed E-state index contributed by atoms with van der Waals surface area (Å²) in [5.41, 5.74) is 2.39. The fourth-order valence-corrected chi connectivity index (χ4v) is 2.66. The van der Waals surface area contributed by atoms with Gasteiger partial charge in [0.15, 0.2) is 11.5 Å². The normalized spacial score (nSPS) is 10.4. The van der Waals surface area contributed by atoms with Crippen LogP contribution in [0.4, 0.5) is 5.69 Å². The van der Waals surface area contributed by atoms with Crippen molar-refractivity contribution in [1.29, 1.82) is 0 Å². The van der Waals surface area contributed by atoms with E-state index < -0.39 is 4.92 Å². The van der Waals surface area contributed by atoms with Gasteiger partial charge in [-0.15, -0.1) is 0 Å². The Hall–Kier alpha value is -2.54. The second kappa shape index (κ2) is 7.35. The van der Waals surface area contributed by atoms with Crippen LogP contribution in [0.5, 0.6) is 17.2 Å². The highest BCUT2D eigenvalue weighted by Gasteiger charge is 2.20. The van der Waals surface area contributed by atoms with Crippen LogP contribution in [0.15, 0.2) is 24.3 Å². The third-order valence-corrected chi connectivity index (χ3v) is 4.22. The molecule has 0 atom stereocenters. The van der Waals surface area contributed by atoms with Crippen molar-refractivity contribution < 1.29 is 19.1 Å². The molecular formula is C17H18NO5Si. The lowest BCUT2D eigenvalue weighted by Gasteiger charge is -2.15. The molecule has 0 aromatic heterocycles. The Bertz CT molecular complexity index is 776. The predicted octanol–water partition coefficient (Wildman–Crippen LogP) is 2.60. The van der Waals surface area contributed by atoms with E-state index in [1.165, 1.54) is 20.3 Å². The minimum atomic E-state index is -0.460. The largest absolute Gasteiger partial charge is 0.493 e. The highest BCUT2D eigenvalue weighted by molar-refractivity contribution is 6.34. The van der Waals surface area contributed by atoms with Crippen molar-refractivity contribution in [3.63, 3.8) is 0 Å². The van der Waals surface area contributed by atoms with E-state index in [2.05, 4.69) is 10.2 Å². The minimum Gasteiger partial charge on any atom is -0.493 e. The standard InChI is InChI=1S/C17H18NO5Si/c1-10-5-6-16(24)17(11(10)2)23-9-12-7-14(21-3)15(22-4)8-13(12)18(19)20/h5-8H,9H2,1-4H3. The average Bonchev–Trinajstić information content (AvgIpc) is 2.57. The van der Waals surface area contributed by atoms with Gasteiger partial charge in [0.25, 0.3) is 5.69 Å². The molecule has 0 N–H and O–H groups in total. The van der Waals surface area contributed by atoms with E-state index >= 15 is 0 Å². The van der Waals surface area contributed by atoms with E-state index in [0.717, 1.165) is 16.3 Å². The average molecular weight is 344 g/mol. The third kappa shape index (κ3) is 3.51. The van der Waals surface area contributed by atoms with Crippen molar-refractivity contribution >= 4 is 21.1 Å². The van der Waals surface area contributed by atoms with E-state index in [1.807, 2.05) is 26.0 Å². The minimum absolute atomic E-state index is 0.0401. The first kappa shape index (κ1) is 17.8. The molecule has 0 fully saturated rings. The van der Waals surface area contributed by atoms with Crippen molar-refractivity contribution in [2.24, 2.45) is 0 Å². The molecule has 0 bridgehead atoms. The molecule has 0 amide bonds. The van der Waals surface area contributed by atoms with Crippen molar-refractivity contribution in [3.8, 4) is 17.2 Å². The number of nitro benzene ring substituents is 1. The maximum atomic E-state index is 11.3. The molecule has 2 aromatic carbocycles. The van der Waals surface area contributed by atoms with Gasteiger partial charge in [0, 0.05) is 0 Å². The number of benzene rings is 2. The Balaban J connectivity index is 2.39. The predicted molar refractivity (Wildman–Crippen MR) is 91.8 cm³/mol. The SMILES string of the molecule is COc1cc(COc2c([Si])ccc(C)c2C)c([N+](=O)[O-])cc1OC. The molecule has 0 saturated carbocycles. The molecule has 0 aliphatic heterocycles. The maximum Gasteiger partial charge on any atom is 0.280 e. The molecule has 0 aliphatic carbocycles. The number of aryl methyl sites for hydroxylation is 1. The quantitative estimate of drug-likeness (QED) is 0.458. The highest BCUT2D eigenvalue weighted by atomic mass is 28.1. The molecule has 0 aliphatic rings. The van der Waals surface area contributed by atoms with Crippen molar-refractivity contribution in [3.05, 3.63) is 51.1 Å². The summed E-state index contributed by atoms with van der Waals surface area (Å²) >= 11 is 0. The molecule has 0 saturated heterocycles.